The van der Waals surface area contributed by atoms with Crippen LogP contribution in [0.1, 0.15) is 24.8 Å². The summed E-state index contributed by atoms with van der Waals surface area (Å²) in [5, 5.41) is 0.593. The summed E-state index contributed by atoms with van der Waals surface area (Å²) in [5.74, 6) is 0.776. The summed E-state index contributed by atoms with van der Waals surface area (Å²) < 4.78 is 9.35. The molecular weight excluding hydrogens is 302 g/mol. The van der Waals surface area contributed by atoms with Crippen LogP contribution in [-0.4, -0.2) is 26.8 Å². The molecule has 2 aromatic heterocycles. The van der Waals surface area contributed by atoms with Crippen LogP contribution in [0.4, 0.5) is 0 Å². The molecule has 1 aliphatic heterocycles. The third-order valence-corrected chi connectivity index (χ3v) is 4.39. The van der Waals surface area contributed by atoms with Crippen LogP contribution in [-0.2, 0) is 18.3 Å². The van der Waals surface area contributed by atoms with Gasteiger partial charge in [-0.15, -0.1) is 0 Å². The first-order valence-corrected chi connectivity index (χ1v) is 7.94. The van der Waals surface area contributed by atoms with Crippen molar-refractivity contribution in [2.45, 2.75) is 38.8 Å². The number of aromatic nitrogens is 3. The highest BCUT2D eigenvalue weighted by atomic mass is 35.5. The highest BCUT2D eigenvalue weighted by Crippen LogP contribution is 2.25. The summed E-state index contributed by atoms with van der Waals surface area (Å²) in [4.78, 5) is 16.3. The highest BCUT2D eigenvalue weighted by molar-refractivity contribution is 6.29. The van der Waals surface area contributed by atoms with Gasteiger partial charge in [0.15, 0.2) is 0 Å². The van der Waals surface area contributed by atoms with Crippen molar-refractivity contribution in [2.75, 3.05) is 6.61 Å². The minimum absolute atomic E-state index is 0.00330. The standard InChI is InChI=1S/C16H20ClN3O2/c1-11-7-12(9-19(2)16(11)21)15-18-8-14(17)20(15)10-13-5-3-4-6-22-13/h7-9,13H,3-6,10H2,1-2H3/t13-/m1/s1. The minimum atomic E-state index is 0.00330. The third-order valence-electron chi connectivity index (χ3n) is 4.09. The number of nitrogens with zero attached hydrogens (tertiary/aromatic N) is 3. The summed E-state index contributed by atoms with van der Waals surface area (Å²) in [6.45, 7) is 3.31. The van der Waals surface area contributed by atoms with E-state index in [2.05, 4.69) is 4.98 Å². The van der Waals surface area contributed by atoms with Crippen molar-refractivity contribution in [3.05, 3.63) is 39.5 Å². The summed E-state index contributed by atoms with van der Waals surface area (Å²) in [6.07, 6.45) is 6.98. The Bertz CT molecular complexity index is 703. The fourth-order valence-electron chi connectivity index (χ4n) is 2.91. The van der Waals surface area contributed by atoms with Gasteiger partial charge in [-0.1, -0.05) is 11.6 Å². The van der Waals surface area contributed by atoms with Crippen LogP contribution >= 0.6 is 11.6 Å². The molecular formula is C16H20ClN3O2. The molecule has 118 valence electrons. The van der Waals surface area contributed by atoms with Gasteiger partial charge in [-0.05, 0) is 32.3 Å². The maximum atomic E-state index is 11.8. The van der Waals surface area contributed by atoms with E-state index in [1.54, 1.807) is 24.0 Å². The molecule has 0 amide bonds. The van der Waals surface area contributed by atoms with E-state index in [1.807, 2.05) is 17.6 Å². The number of pyridine rings is 1. The van der Waals surface area contributed by atoms with Gasteiger partial charge in [0, 0.05) is 31.0 Å². The summed E-state index contributed by atoms with van der Waals surface area (Å²) in [5.41, 5.74) is 1.59. The van der Waals surface area contributed by atoms with Crippen molar-refractivity contribution < 1.29 is 4.74 Å². The second-order valence-corrected chi connectivity index (χ2v) is 6.22. The molecule has 0 radical (unpaired) electrons. The fraction of sp³-hybridized carbons (Fsp3) is 0.500. The zero-order valence-corrected chi connectivity index (χ0v) is 13.6. The average molecular weight is 322 g/mol. The van der Waals surface area contributed by atoms with Gasteiger partial charge >= 0.3 is 0 Å². The van der Waals surface area contributed by atoms with Gasteiger partial charge in [0.2, 0.25) is 0 Å². The Morgan fingerprint density at radius 1 is 1.45 bits per heavy atom. The lowest BCUT2D eigenvalue weighted by Gasteiger charge is -2.24. The van der Waals surface area contributed by atoms with E-state index < -0.39 is 0 Å². The quantitative estimate of drug-likeness (QED) is 0.873. The summed E-state index contributed by atoms with van der Waals surface area (Å²) >= 11 is 6.30. The van der Waals surface area contributed by atoms with Crippen LogP contribution in [0.5, 0.6) is 0 Å². The Labute approximate surface area is 134 Å². The Morgan fingerprint density at radius 3 is 2.95 bits per heavy atom. The second kappa shape index (κ2) is 6.26. The molecule has 0 aromatic carbocycles. The molecule has 5 nitrogen and oxygen atoms in total. The number of hydrogen-bond donors (Lipinski definition) is 0. The molecule has 1 saturated heterocycles. The van der Waals surface area contributed by atoms with Gasteiger partial charge in [0.1, 0.15) is 11.0 Å². The lowest BCUT2D eigenvalue weighted by molar-refractivity contribution is 0.00628. The van der Waals surface area contributed by atoms with Crippen LogP contribution in [0.15, 0.2) is 23.3 Å². The lowest BCUT2D eigenvalue weighted by atomic mass is 10.1. The smallest absolute Gasteiger partial charge is 0.253 e. The van der Waals surface area contributed by atoms with E-state index in [4.69, 9.17) is 16.3 Å². The molecule has 1 aliphatic rings. The second-order valence-electron chi connectivity index (χ2n) is 5.83. The molecule has 0 aliphatic carbocycles. The van der Waals surface area contributed by atoms with Crippen LogP contribution in [0, 0.1) is 6.92 Å². The van der Waals surface area contributed by atoms with E-state index in [0.717, 1.165) is 30.8 Å². The maximum Gasteiger partial charge on any atom is 0.253 e. The van der Waals surface area contributed by atoms with Crippen LogP contribution in [0.25, 0.3) is 11.4 Å². The van der Waals surface area contributed by atoms with Crippen molar-refractivity contribution in [2.24, 2.45) is 7.05 Å². The van der Waals surface area contributed by atoms with E-state index in [-0.39, 0.29) is 11.7 Å². The van der Waals surface area contributed by atoms with Crippen LogP contribution < -0.4 is 5.56 Å². The number of halogens is 1. The van der Waals surface area contributed by atoms with Gasteiger partial charge in [0.25, 0.3) is 5.56 Å². The Kier molecular flexibility index (Phi) is 4.36. The number of imidazole rings is 1. The lowest BCUT2D eigenvalue weighted by Crippen LogP contribution is -2.25. The molecule has 2 aromatic rings. The zero-order valence-electron chi connectivity index (χ0n) is 12.9. The Balaban J connectivity index is 1.96. The maximum absolute atomic E-state index is 11.8. The summed E-state index contributed by atoms with van der Waals surface area (Å²) in [7, 11) is 1.75. The molecule has 0 saturated carbocycles. The normalized spacial score (nSPS) is 18.6. The number of rotatable bonds is 3. The van der Waals surface area contributed by atoms with Gasteiger partial charge in [-0.2, -0.15) is 0 Å². The molecule has 1 atom stereocenters. The Hall–Kier alpha value is -1.59. The molecule has 3 rings (SSSR count). The molecule has 22 heavy (non-hydrogen) atoms. The highest BCUT2D eigenvalue weighted by Gasteiger charge is 2.19. The monoisotopic (exact) mass is 321 g/mol. The van der Waals surface area contributed by atoms with E-state index in [0.29, 0.717) is 17.3 Å². The van der Waals surface area contributed by atoms with Crippen molar-refractivity contribution in [3.63, 3.8) is 0 Å². The van der Waals surface area contributed by atoms with Crippen molar-refractivity contribution in [1.82, 2.24) is 14.1 Å². The molecule has 0 N–H and O–H groups in total. The van der Waals surface area contributed by atoms with Crippen LogP contribution in [0.3, 0.4) is 0 Å². The van der Waals surface area contributed by atoms with Crippen molar-refractivity contribution in [1.29, 1.82) is 0 Å². The van der Waals surface area contributed by atoms with Crippen molar-refractivity contribution >= 4 is 11.6 Å². The third kappa shape index (κ3) is 2.96. The Morgan fingerprint density at radius 2 is 2.27 bits per heavy atom. The van der Waals surface area contributed by atoms with E-state index in [9.17, 15) is 4.79 Å². The minimum Gasteiger partial charge on any atom is -0.376 e. The predicted molar refractivity (Wildman–Crippen MR) is 86.2 cm³/mol. The number of hydrogen-bond acceptors (Lipinski definition) is 3. The van der Waals surface area contributed by atoms with Gasteiger partial charge in [-0.3, -0.25) is 4.79 Å². The van der Waals surface area contributed by atoms with E-state index in [1.165, 1.54) is 6.42 Å². The molecule has 3 heterocycles. The first-order valence-electron chi connectivity index (χ1n) is 7.56. The zero-order chi connectivity index (χ0) is 15.7. The van der Waals surface area contributed by atoms with Gasteiger partial charge in [-0.25, -0.2) is 4.98 Å². The topological polar surface area (TPSA) is 49.0 Å². The molecule has 6 heteroatoms. The molecule has 1 fully saturated rings. The van der Waals surface area contributed by atoms with Gasteiger partial charge < -0.3 is 13.9 Å². The molecule has 0 unspecified atom stereocenters. The largest absolute Gasteiger partial charge is 0.376 e. The first-order chi connectivity index (χ1) is 10.6. The van der Waals surface area contributed by atoms with Crippen LogP contribution in [0.2, 0.25) is 5.15 Å². The molecule has 0 spiro atoms. The van der Waals surface area contributed by atoms with Crippen molar-refractivity contribution in [3.8, 4) is 11.4 Å². The first kappa shape index (κ1) is 15.3. The average Bonchev–Trinajstić information content (AvgIpc) is 2.87. The SMILES string of the molecule is Cc1cc(-c2ncc(Cl)n2C[C@H]2CCCCO2)cn(C)c1=O. The summed E-state index contributed by atoms with van der Waals surface area (Å²) in [6, 6.07) is 1.86. The van der Waals surface area contributed by atoms with Gasteiger partial charge in [0.05, 0.1) is 18.8 Å². The number of aryl methyl sites for hydroxylation is 2. The number of ether oxygens (including phenoxy) is 1. The molecule has 0 bridgehead atoms. The van der Waals surface area contributed by atoms with E-state index >= 15 is 0 Å². The fourth-order valence-corrected chi connectivity index (χ4v) is 3.11. The predicted octanol–water partition coefficient (Wildman–Crippen LogP) is 2.78.